The Balaban J connectivity index is 0.00000169. The third-order valence-electron chi connectivity index (χ3n) is 4.55. The molecule has 1 aliphatic rings. The molecule has 1 aromatic heterocycles. The van der Waals surface area contributed by atoms with Gasteiger partial charge in [0.2, 0.25) is 0 Å². The van der Waals surface area contributed by atoms with E-state index in [2.05, 4.69) is 45.9 Å². The van der Waals surface area contributed by atoms with Crippen LogP contribution in [0.25, 0.3) is 11.0 Å². The zero-order chi connectivity index (χ0) is 15.6. The third kappa shape index (κ3) is 3.66. The molecule has 3 nitrogen and oxygen atoms in total. The average molecular weight is 407 g/mol. The average Bonchev–Trinajstić information content (AvgIpc) is 3.19. The molecule has 0 radical (unpaired) electrons. The van der Waals surface area contributed by atoms with Crippen LogP contribution in [0.1, 0.15) is 24.2 Å². The predicted molar refractivity (Wildman–Crippen MR) is 105 cm³/mol. The molecule has 0 saturated carbocycles. The monoisotopic (exact) mass is 405 g/mol. The largest absolute Gasteiger partial charge is 0.322 e. The Labute approximate surface area is 158 Å². The normalized spacial score (nSPS) is 14.9. The molecule has 24 heavy (non-hydrogen) atoms. The highest BCUT2D eigenvalue weighted by atomic mass is 79.9. The highest BCUT2D eigenvalue weighted by molar-refractivity contribution is 8.93. The number of likely N-dealkylation sites (tertiary alicyclic amines) is 1. The van der Waals surface area contributed by atoms with Crippen molar-refractivity contribution >= 4 is 39.6 Å². The van der Waals surface area contributed by atoms with Crippen LogP contribution in [0.4, 0.5) is 0 Å². The molecule has 2 heterocycles. The van der Waals surface area contributed by atoms with Gasteiger partial charge in [-0.25, -0.2) is 4.98 Å². The third-order valence-corrected chi connectivity index (χ3v) is 4.80. The Morgan fingerprint density at radius 2 is 1.62 bits per heavy atom. The van der Waals surface area contributed by atoms with Gasteiger partial charge in [0, 0.05) is 11.6 Å². The maximum atomic E-state index is 6.01. The second kappa shape index (κ2) is 7.68. The van der Waals surface area contributed by atoms with Crippen molar-refractivity contribution in [3.05, 3.63) is 64.9 Å². The van der Waals surface area contributed by atoms with Gasteiger partial charge in [0.1, 0.15) is 5.82 Å². The minimum Gasteiger partial charge on any atom is -0.322 e. The van der Waals surface area contributed by atoms with Crippen molar-refractivity contribution in [2.75, 3.05) is 13.1 Å². The van der Waals surface area contributed by atoms with Gasteiger partial charge in [0.25, 0.3) is 0 Å². The molecule has 0 spiro atoms. The van der Waals surface area contributed by atoms with Crippen molar-refractivity contribution in [3.8, 4) is 0 Å². The second-order valence-electron chi connectivity index (χ2n) is 6.21. The van der Waals surface area contributed by atoms with Gasteiger partial charge >= 0.3 is 0 Å². The fourth-order valence-electron chi connectivity index (χ4n) is 3.34. The summed E-state index contributed by atoms with van der Waals surface area (Å²) in [5.41, 5.74) is 3.53. The number of hydrogen-bond donors (Lipinski definition) is 0. The summed E-state index contributed by atoms with van der Waals surface area (Å²) in [5, 5.41) is 0.779. The van der Waals surface area contributed by atoms with Crippen LogP contribution >= 0.6 is 28.6 Å². The summed E-state index contributed by atoms with van der Waals surface area (Å²) in [7, 11) is 0. The van der Waals surface area contributed by atoms with Gasteiger partial charge in [-0.3, -0.25) is 4.90 Å². The summed E-state index contributed by atoms with van der Waals surface area (Å²) < 4.78 is 2.34. The van der Waals surface area contributed by atoms with E-state index >= 15 is 0 Å². The van der Waals surface area contributed by atoms with E-state index in [0.29, 0.717) is 0 Å². The number of hydrogen-bond acceptors (Lipinski definition) is 2. The van der Waals surface area contributed by atoms with Gasteiger partial charge in [-0.15, -0.1) is 17.0 Å². The molecule has 0 unspecified atom stereocenters. The van der Waals surface area contributed by atoms with E-state index in [4.69, 9.17) is 16.6 Å². The molecular formula is C19H21BrClN3. The van der Waals surface area contributed by atoms with Crippen molar-refractivity contribution in [2.24, 2.45) is 0 Å². The van der Waals surface area contributed by atoms with Crippen molar-refractivity contribution in [1.29, 1.82) is 0 Å². The van der Waals surface area contributed by atoms with Crippen LogP contribution in [0.5, 0.6) is 0 Å². The molecule has 5 heteroatoms. The van der Waals surface area contributed by atoms with Gasteiger partial charge in [-0.2, -0.15) is 0 Å². The number of aromatic nitrogens is 2. The van der Waals surface area contributed by atoms with Crippen LogP contribution in [0.15, 0.2) is 48.5 Å². The Kier molecular flexibility index (Phi) is 5.59. The Bertz CT molecular complexity index is 807. The summed E-state index contributed by atoms with van der Waals surface area (Å²) in [5.74, 6) is 1.16. The smallest absolute Gasteiger partial charge is 0.124 e. The number of benzene rings is 2. The molecule has 0 aliphatic carbocycles. The van der Waals surface area contributed by atoms with E-state index in [9.17, 15) is 0 Å². The maximum Gasteiger partial charge on any atom is 0.124 e. The summed E-state index contributed by atoms with van der Waals surface area (Å²) >= 11 is 6.01. The Morgan fingerprint density at radius 1 is 0.917 bits per heavy atom. The fourth-order valence-corrected chi connectivity index (χ4v) is 3.46. The van der Waals surface area contributed by atoms with Crippen LogP contribution in [0, 0.1) is 0 Å². The molecular weight excluding hydrogens is 386 g/mol. The SMILES string of the molecule is Br.Clc1ccc(Cn2c(CN3CCCC3)nc3ccccc32)cc1. The number of halogens is 2. The summed E-state index contributed by atoms with van der Waals surface area (Å²) in [6, 6.07) is 16.5. The fraction of sp³-hybridized carbons (Fsp3) is 0.316. The quantitative estimate of drug-likeness (QED) is 0.614. The summed E-state index contributed by atoms with van der Waals surface area (Å²) in [4.78, 5) is 7.38. The van der Waals surface area contributed by atoms with Gasteiger partial charge in [0.05, 0.1) is 17.6 Å². The molecule has 1 fully saturated rings. The van der Waals surface area contributed by atoms with Crippen LogP contribution < -0.4 is 0 Å². The highest BCUT2D eigenvalue weighted by Crippen LogP contribution is 2.21. The molecule has 0 N–H and O–H groups in total. The summed E-state index contributed by atoms with van der Waals surface area (Å²) in [6.07, 6.45) is 2.61. The number of para-hydroxylation sites is 2. The van der Waals surface area contributed by atoms with Crippen LogP contribution in [-0.4, -0.2) is 27.5 Å². The van der Waals surface area contributed by atoms with E-state index in [-0.39, 0.29) is 17.0 Å². The first-order chi connectivity index (χ1) is 11.3. The topological polar surface area (TPSA) is 21.1 Å². The molecule has 0 amide bonds. The predicted octanol–water partition coefficient (Wildman–Crippen LogP) is 4.91. The van der Waals surface area contributed by atoms with Crippen molar-refractivity contribution in [3.63, 3.8) is 0 Å². The number of imidazole rings is 1. The van der Waals surface area contributed by atoms with Crippen LogP contribution in [0.2, 0.25) is 5.02 Å². The van der Waals surface area contributed by atoms with Gasteiger partial charge < -0.3 is 4.57 Å². The van der Waals surface area contributed by atoms with E-state index in [0.717, 1.165) is 29.5 Å². The van der Waals surface area contributed by atoms with Crippen LogP contribution in [0.3, 0.4) is 0 Å². The zero-order valence-electron chi connectivity index (χ0n) is 13.5. The molecule has 126 valence electrons. The maximum absolute atomic E-state index is 6.01. The summed E-state index contributed by atoms with van der Waals surface area (Å²) in [6.45, 7) is 4.14. The van der Waals surface area contributed by atoms with E-state index < -0.39 is 0 Å². The highest BCUT2D eigenvalue weighted by Gasteiger charge is 2.17. The van der Waals surface area contributed by atoms with Gasteiger partial charge in [-0.05, 0) is 55.8 Å². The number of fused-ring (bicyclic) bond motifs is 1. The second-order valence-corrected chi connectivity index (χ2v) is 6.65. The first-order valence-electron chi connectivity index (χ1n) is 8.20. The minimum absolute atomic E-state index is 0. The first kappa shape index (κ1) is 17.5. The first-order valence-corrected chi connectivity index (χ1v) is 8.58. The molecule has 3 aromatic rings. The minimum atomic E-state index is 0. The lowest BCUT2D eigenvalue weighted by molar-refractivity contribution is 0.318. The zero-order valence-corrected chi connectivity index (χ0v) is 16.0. The van der Waals surface area contributed by atoms with E-state index in [1.807, 2.05) is 12.1 Å². The lowest BCUT2D eigenvalue weighted by Gasteiger charge is -2.16. The molecule has 1 aliphatic heterocycles. The lowest BCUT2D eigenvalue weighted by Crippen LogP contribution is -2.21. The Morgan fingerprint density at radius 3 is 2.38 bits per heavy atom. The lowest BCUT2D eigenvalue weighted by atomic mass is 10.2. The molecule has 0 atom stereocenters. The molecule has 1 saturated heterocycles. The van der Waals surface area contributed by atoms with Crippen LogP contribution in [-0.2, 0) is 13.1 Å². The molecule has 2 aromatic carbocycles. The van der Waals surface area contributed by atoms with Crippen molar-refractivity contribution in [1.82, 2.24) is 14.5 Å². The standard InChI is InChI=1S/C19H20ClN3.BrH/c20-16-9-7-15(8-10-16)13-23-18-6-2-1-5-17(18)21-19(23)14-22-11-3-4-12-22;/h1-2,5-10H,3-4,11-14H2;1H. The molecule has 0 bridgehead atoms. The van der Waals surface area contributed by atoms with Gasteiger partial charge in [0.15, 0.2) is 0 Å². The number of nitrogens with zero attached hydrogens (tertiary/aromatic N) is 3. The van der Waals surface area contributed by atoms with Crippen molar-refractivity contribution in [2.45, 2.75) is 25.9 Å². The van der Waals surface area contributed by atoms with E-state index in [1.54, 1.807) is 0 Å². The van der Waals surface area contributed by atoms with E-state index in [1.165, 1.54) is 37.0 Å². The Hall–Kier alpha value is -1.36. The van der Waals surface area contributed by atoms with Gasteiger partial charge in [-0.1, -0.05) is 35.9 Å². The van der Waals surface area contributed by atoms with Crippen molar-refractivity contribution < 1.29 is 0 Å². The molecule has 4 rings (SSSR count). The number of rotatable bonds is 4.